The highest BCUT2D eigenvalue weighted by atomic mass is 35.5. The number of phenols is 1. The van der Waals surface area contributed by atoms with Crippen molar-refractivity contribution in [1.29, 1.82) is 0 Å². The van der Waals surface area contributed by atoms with Crippen LogP contribution in [-0.2, 0) is 11.2 Å². The third kappa shape index (κ3) is 8.43. The summed E-state index contributed by atoms with van der Waals surface area (Å²) in [6, 6.07) is 5.90. The molecule has 1 amide bonds. The Morgan fingerprint density at radius 2 is 1.83 bits per heavy atom. The number of unbranched alkanes of at least 4 members (excludes halogenated alkanes) is 1. The average Bonchev–Trinajstić information content (AvgIpc) is 2.67. The summed E-state index contributed by atoms with van der Waals surface area (Å²) in [5.74, 6) is 1.78. The summed E-state index contributed by atoms with van der Waals surface area (Å²) in [5.41, 5.74) is 1.13. The number of hydrogen-bond acceptors (Lipinski definition) is 4. The van der Waals surface area contributed by atoms with Gasteiger partial charge in [0.15, 0.2) is 11.5 Å². The molecule has 0 spiro atoms. The van der Waals surface area contributed by atoms with Gasteiger partial charge in [-0.1, -0.05) is 13.0 Å². The fourth-order valence-electron chi connectivity index (χ4n) is 4.00. The van der Waals surface area contributed by atoms with Crippen molar-refractivity contribution in [3.05, 3.63) is 23.8 Å². The van der Waals surface area contributed by atoms with E-state index >= 15 is 0 Å². The first kappa shape index (κ1) is 25.6. The molecule has 1 aromatic rings. The number of carbonyl (C=O) groups excluding carboxylic acids is 1. The van der Waals surface area contributed by atoms with Gasteiger partial charge in [0.05, 0.1) is 7.11 Å². The zero-order valence-corrected chi connectivity index (χ0v) is 19.3. The minimum Gasteiger partial charge on any atom is -0.504 e. The zero-order valence-electron chi connectivity index (χ0n) is 18.5. The SMILES string of the molecule is COc1cc(CCCCC(=O)N(CCN(C)C)[C@H]2CC[C@H](C)CC2)ccc1O.Cl. The highest BCUT2D eigenvalue weighted by Gasteiger charge is 2.27. The molecule has 1 N–H and O–H groups in total. The average molecular weight is 427 g/mol. The van der Waals surface area contributed by atoms with E-state index in [1.807, 2.05) is 12.1 Å². The topological polar surface area (TPSA) is 53.0 Å². The first-order chi connectivity index (χ1) is 13.4. The van der Waals surface area contributed by atoms with E-state index in [1.54, 1.807) is 13.2 Å². The molecule has 0 atom stereocenters. The molecule has 29 heavy (non-hydrogen) atoms. The number of phenolic OH excluding ortho intramolecular Hbond substituents is 1. The van der Waals surface area contributed by atoms with Crippen LogP contribution in [0.3, 0.4) is 0 Å². The predicted octanol–water partition coefficient (Wildman–Crippen LogP) is 4.50. The lowest BCUT2D eigenvalue weighted by atomic mass is 9.86. The standard InChI is InChI=1S/C23H38N2O3.ClH/c1-18-9-12-20(13-10-18)25(16-15-24(2)3)23(27)8-6-5-7-19-11-14-21(26)22(17-19)28-4;/h11,14,17-18,20,26H,5-10,12-13,15-16H2,1-4H3;1H/t18-,20-;. The largest absolute Gasteiger partial charge is 0.504 e. The number of amides is 1. The lowest BCUT2D eigenvalue weighted by Gasteiger charge is -2.37. The van der Waals surface area contributed by atoms with Gasteiger partial charge in [-0.25, -0.2) is 0 Å². The molecule has 0 saturated heterocycles. The Labute approximate surface area is 182 Å². The lowest BCUT2D eigenvalue weighted by Crippen LogP contribution is -2.45. The zero-order chi connectivity index (χ0) is 20.5. The number of methoxy groups -OCH3 is 1. The van der Waals surface area contributed by atoms with Crippen LogP contribution in [0, 0.1) is 5.92 Å². The summed E-state index contributed by atoms with van der Waals surface area (Å²) >= 11 is 0. The van der Waals surface area contributed by atoms with Crippen molar-refractivity contribution in [2.75, 3.05) is 34.3 Å². The maximum Gasteiger partial charge on any atom is 0.222 e. The Bertz CT molecular complexity index is 616. The minimum absolute atomic E-state index is 0. The smallest absolute Gasteiger partial charge is 0.222 e. The van der Waals surface area contributed by atoms with Crippen LogP contribution >= 0.6 is 12.4 Å². The van der Waals surface area contributed by atoms with Crippen LogP contribution in [0.25, 0.3) is 0 Å². The van der Waals surface area contributed by atoms with Gasteiger partial charge in [0.25, 0.3) is 0 Å². The predicted molar refractivity (Wildman–Crippen MR) is 121 cm³/mol. The van der Waals surface area contributed by atoms with Gasteiger partial charge in [0.2, 0.25) is 5.91 Å². The Morgan fingerprint density at radius 3 is 2.45 bits per heavy atom. The summed E-state index contributed by atoms with van der Waals surface area (Å²) in [6.45, 7) is 4.08. The highest BCUT2D eigenvalue weighted by Crippen LogP contribution is 2.28. The third-order valence-corrected chi connectivity index (χ3v) is 5.88. The maximum absolute atomic E-state index is 12.9. The second-order valence-electron chi connectivity index (χ2n) is 8.52. The molecule has 0 aromatic heterocycles. The molecule has 0 radical (unpaired) electrons. The molecular formula is C23H39ClN2O3. The van der Waals surface area contributed by atoms with Crippen molar-refractivity contribution >= 4 is 18.3 Å². The Balaban J connectivity index is 0.00000420. The molecule has 1 saturated carbocycles. The molecule has 1 aliphatic rings. The molecule has 1 aromatic carbocycles. The Kier molecular flexibility index (Phi) is 11.4. The van der Waals surface area contributed by atoms with Crippen molar-refractivity contribution in [3.8, 4) is 11.5 Å². The second-order valence-corrected chi connectivity index (χ2v) is 8.52. The normalized spacial score (nSPS) is 18.9. The van der Waals surface area contributed by atoms with Crippen LogP contribution in [0.4, 0.5) is 0 Å². The van der Waals surface area contributed by atoms with Gasteiger partial charge in [0.1, 0.15) is 0 Å². The van der Waals surface area contributed by atoms with E-state index in [4.69, 9.17) is 4.74 Å². The van der Waals surface area contributed by atoms with Gasteiger partial charge >= 0.3 is 0 Å². The molecule has 6 heteroatoms. The number of halogens is 1. The fraction of sp³-hybridized carbons (Fsp3) is 0.696. The van der Waals surface area contributed by atoms with E-state index in [9.17, 15) is 9.90 Å². The first-order valence-corrected chi connectivity index (χ1v) is 10.7. The van der Waals surface area contributed by atoms with E-state index in [1.165, 1.54) is 12.8 Å². The fourth-order valence-corrected chi connectivity index (χ4v) is 4.00. The van der Waals surface area contributed by atoms with Crippen LogP contribution in [0.5, 0.6) is 11.5 Å². The number of benzene rings is 1. The molecule has 166 valence electrons. The van der Waals surface area contributed by atoms with Gasteiger partial charge in [-0.2, -0.15) is 0 Å². The Morgan fingerprint density at radius 1 is 1.14 bits per heavy atom. The quantitative estimate of drug-likeness (QED) is 0.559. The molecule has 5 nitrogen and oxygen atoms in total. The second kappa shape index (κ2) is 13.0. The Hall–Kier alpha value is -1.46. The summed E-state index contributed by atoms with van der Waals surface area (Å²) in [6.07, 6.45) is 8.13. The van der Waals surface area contributed by atoms with Crippen LogP contribution in [0.15, 0.2) is 18.2 Å². The minimum atomic E-state index is 0. The number of aromatic hydroxyl groups is 1. The van der Waals surface area contributed by atoms with Crippen molar-refractivity contribution < 1.29 is 14.6 Å². The van der Waals surface area contributed by atoms with Crippen molar-refractivity contribution in [2.45, 2.75) is 64.3 Å². The van der Waals surface area contributed by atoms with E-state index < -0.39 is 0 Å². The van der Waals surface area contributed by atoms with Crippen molar-refractivity contribution in [2.24, 2.45) is 5.92 Å². The summed E-state index contributed by atoms with van der Waals surface area (Å²) in [4.78, 5) is 17.3. The molecular weight excluding hydrogens is 388 g/mol. The first-order valence-electron chi connectivity index (χ1n) is 10.7. The number of ether oxygens (including phenoxy) is 1. The molecule has 2 rings (SSSR count). The van der Waals surface area contributed by atoms with Gasteiger partial charge in [-0.15, -0.1) is 12.4 Å². The number of carbonyl (C=O) groups is 1. The molecule has 1 fully saturated rings. The summed E-state index contributed by atoms with van der Waals surface area (Å²) in [5, 5.41) is 9.69. The van der Waals surface area contributed by atoms with Crippen molar-refractivity contribution in [3.63, 3.8) is 0 Å². The monoisotopic (exact) mass is 426 g/mol. The number of aryl methyl sites for hydroxylation is 1. The van der Waals surface area contributed by atoms with Gasteiger partial charge in [-0.3, -0.25) is 4.79 Å². The highest BCUT2D eigenvalue weighted by molar-refractivity contribution is 5.85. The van der Waals surface area contributed by atoms with E-state index in [2.05, 4.69) is 30.8 Å². The van der Waals surface area contributed by atoms with Crippen LogP contribution in [0.1, 0.15) is 57.4 Å². The number of rotatable bonds is 10. The molecule has 0 bridgehead atoms. The number of hydrogen-bond donors (Lipinski definition) is 1. The van der Waals surface area contributed by atoms with Gasteiger partial charge in [-0.05, 0) is 82.7 Å². The number of nitrogens with zero attached hydrogens (tertiary/aromatic N) is 2. The molecule has 0 heterocycles. The molecule has 0 aliphatic heterocycles. The third-order valence-electron chi connectivity index (χ3n) is 5.88. The van der Waals surface area contributed by atoms with E-state index in [0.29, 0.717) is 24.1 Å². The summed E-state index contributed by atoms with van der Waals surface area (Å²) < 4.78 is 5.17. The van der Waals surface area contributed by atoms with Crippen LogP contribution < -0.4 is 4.74 Å². The van der Waals surface area contributed by atoms with Gasteiger partial charge < -0.3 is 19.6 Å². The molecule has 0 unspecified atom stereocenters. The van der Waals surface area contributed by atoms with Gasteiger partial charge in [0, 0.05) is 25.6 Å². The van der Waals surface area contributed by atoms with E-state index in [0.717, 1.165) is 56.7 Å². The van der Waals surface area contributed by atoms with E-state index in [-0.39, 0.29) is 18.2 Å². The summed E-state index contributed by atoms with van der Waals surface area (Å²) in [7, 11) is 5.70. The molecule has 1 aliphatic carbocycles. The lowest BCUT2D eigenvalue weighted by molar-refractivity contribution is -0.134. The maximum atomic E-state index is 12.9. The van der Waals surface area contributed by atoms with Crippen LogP contribution in [0.2, 0.25) is 0 Å². The van der Waals surface area contributed by atoms with Crippen LogP contribution in [-0.4, -0.2) is 61.2 Å². The van der Waals surface area contributed by atoms with Crippen molar-refractivity contribution in [1.82, 2.24) is 9.80 Å². The number of likely N-dealkylation sites (N-methyl/N-ethyl adjacent to an activating group) is 1.